The van der Waals surface area contributed by atoms with Gasteiger partial charge in [-0.3, -0.25) is 4.90 Å². The summed E-state index contributed by atoms with van der Waals surface area (Å²) in [6.45, 7) is 7.36. The van der Waals surface area contributed by atoms with E-state index in [1.165, 1.54) is 13.0 Å². The van der Waals surface area contributed by atoms with Crippen LogP contribution < -0.4 is 4.90 Å². The van der Waals surface area contributed by atoms with Crippen molar-refractivity contribution < 1.29 is 26.7 Å². The van der Waals surface area contributed by atoms with E-state index in [1.807, 2.05) is 30.6 Å². The number of pyridine rings is 1. The molecule has 3 aliphatic heterocycles. The van der Waals surface area contributed by atoms with E-state index in [0.717, 1.165) is 12.8 Å². The van der Waals surface area contributed by atoms with Crippen molar-refractivity contribution in [2.24, 2.45) is 0 Å². The number of anilines is 1. The molecule has 2 bridgehead atoms. The van der Waals surface area contributed by atoms with Gasteiger partial charge in [-0.2, -0.15) is 0 Å². The molecule has 9 nitrogen and oxygen atoms in total. The maximum Gasteiger partial charge on any atom is 0.410 e. The first-order chi connectivity index (χ1) is 22.3. The molecule has 0 saturated carbocycles. The van der Waals surface area contributed by atoms with Crippen LogP contribution in [0.25, 0.3) is 32.9 Å². The summed E-state index contributed by atoms with van der Waals surface area (Å²) in [5, 5.41) is 0.822. The van der Waals surface area contributed by atoms with Crippen molar-refractivity contribution in [2.75, 3.05) is 17.2 Å². The van der Waals surface area contributed by atoms with E-state index >= 15 is 4.39 Å². The Bertz CT molecular complexity index is 2130. The van der Waals surface area contributed by atoms with E-state index in [2.05, 4.69) is 15.9 Å². The lowest BCUT2D eigenvalue weighted by atomic mass is 9.92. The third kappa shape index (κ3) is 5.06. The Hall–Kier alpha value is -4.37. The first kappa shape index (κ1) is 31.2. The number of carbonyl (C=O) groups is 1. The number of aryl methyl sites for hydroxylation is 1. The molecule has 0 spiro atoms. The summed E-state index contributed by atoms with van der Waals surface area (Å²) in [5.74, 6) is 0.970. The molecule has 2 aromatic carbocycles. The summed E-state index contributed by atoms with van der Waals surface area (Å²) in [6.07, 6.45) is 8.59. The number of ether oxygens (including phenoxy) is 1. The van der Waals surface area contributed by atoms with Gasteiger partial charge in [0, 0.05) is 17.5 Å². The summed E-state index contributed by atoms with van der Waals surface area (Å²) >= 11 is 0. The normalized spacial score (nSPS) is 20.9. The van der Waals surface area contributed by atoms with Crippen molar-refractivity contribution in [1.29, 1.82) is 0 Å². The molecule has 0 N–H and O–H groups in total. The van der Waals surface area contributed by atoms with E-state index < -0.39 is 32.2 Å². The molecule has 12 heteroatoms. The lowest BCUT2D eigenvalue weighted by Crippen LogP contribution is -2.62. The van der Waals surface area contributed by atoms with Gasteiger partial charge in [-0.1, -0.05) is 37.1 Å². The SMILES string of the molecule is C#Cc1c(F)ccc2cccc(-c3nc4c5c(nc(S(=O)(=O)CC)nc5c3F)N3C[C@H]5CC[C@@H]([C@H]3CCC4)N5C(=O)OC(C)(C)C)c12. The summed E-state index contributed by atoms with van der Waals surface area (Å²) < 4.78 is 64.2. The highest BCUT2D eigenvalue weighted by Gasteiger charge is 2.50. The Kier molecular flexibility index (Phi) is 7.39. The number of fused-ring (bicyclic) bond motifs is 6. The van der Waals surface area contributed by atoms with Gasteiger partial charge in [-0.15, -0.1) is 6.42 Å². The van der Waals surface area contributed by atoms with Gasteiger partial charge in [0.15, 0.2) is 5.82 Å². The van der Waals surface area contributed by atoms with Crippen LogP contribution in [0.4, 0.5) is 19.4 Å². The zero-order chi connectivity index (χ0) is 33.4. The van der Waals surface area contributed by atoms with Gasteiger partial charge < -0.3 is 9.64 Å². The standard InChI is InChI=1S/C35H35F2N5O4S/c1-6-21-23(36)16-14-19-10-8-11-22(27(19)21)30-29(37)31-28-24(38-30)12-9-13-25-26-17-15-20(42(26)34(43)46-35(3,4)5)18-41(25)32(28)40-33(39-31)47(44,45)7-2/h1,8,10-11,14,16,20,25-26H,7,9,12-13,15,17-18H2,2-5H3/t20-,25-,26+/m1/s1. The van der Waals surface area contributed by atoms with E-state index in [1.54, 1.807) is 24.3 Å². The smallest absolute Gasteiger partial charge is 0.410 e. The largest absolute Gasteiger partial charge is 0.444 e. The number of benzene rings is 2. The second-order valence-electron chi connectivity index (χ2n) is 13.4. The van der Waals surface area contributed by atoms with Crippen LogP contribution in [0.3, 0.4) is 0 Å². The third-order valence-electron chi connectivity index (χ3n) is 9.46. The minimum absolute atomic E-state index is 0.0131. The molecule has 2 fully saturated rings. The highest BCUT2D eigenvalue weighted by atomic mass is 32.2. The van der Waals surface area contributed by atoms with E-state index in [0.29, 0.717) is 53.5 Å². The van der Waals surface area contributed by atoms with E-state index in [9.17, 15) is 17.6 Å². The summed E-state index contributed by atoms with van der Waals surface area (Å²) in [4.78, 5) is 31.1. The number of sulfone groups is 1. The molecular formula is C35H35F2N5O4S. The predicted molar refractivity (Wildman–Crippen MR) is 175 cm³/mol. The zero-order valence-electron chi connectivity index (χ0n) is 26.7. The molecule has 1 amide bonds. The lowest BCUT2D eigenvalue weighted by Gasteiger charge is -2.48. The van der Waals surface area contributed by atoms with Gasteiger partial charge in [0.2, 0.25) is 15.0 Å². The fourth-order valence-electron chi connectivity index (χ4n) is 7.44. The maximum absolute atomic E-state index is 17.0. The molecule has 0 radical (unpaired) electrons. The minimum atomic E-state index is -3.97. The first-order valence-corrected chi connectivity index (χ1v) is 17.6. The number of carbonyl (C=O) groups excluding carboxylic acids is 1. The van der Waals surface area contributed by atoms with Gasteiger partial charge in [0.25, 0.3) is 0 Å². The molecule has 3 aliphatic rings. The number of amides is 1. The molecule has 47 heavy (non-hydrogen) atoms. The minimum Gasteiger partial charge on any atom is -0.444 e. The molecule has 3 atom stereocenters. The zero-order valence-corrected chi connectivity index (χ0v) is 27.5. The average molecular weight is 660 g/mol. The van der Waals surface area contributed by atoms with E-state index in [4.69, 9.17) is 16.1 Å². The monoisotopic (exact) mass is 659 g/mol. The van der Waals surface area contributed by atoms with Crippen molar-refractivity contribution >= 4 is 43.4 Å². The average Bonchev–Trinajstić information content (AvgIpc) is 3.36. The second kappa shape index (κ2) is 11.1. The molecule has 244 valence electrons. The number of piperazine rings is 1. The number of aromatic nitrogens is 3. The maximum atomic E-state index is 17.0. The summed E-state index contributed by atoms with van der Waals surface area (Å²) in [7, 11) is -3.97. The van der Waals surface area contributed by atoms with Gasteiger partial charge in [-0.25, -0.2) is 36.9 Å². The summed E-state index contributed by atoms with van der Waals surface area (Å²) in [6, 6.07) is 7.36. The summed E-state index contributed by atoms with van der Waals surface area (Å²) in [5.41, 5.74) is -0.122. The van der Waals surface area contributed by atoms with Crippen molar-refractivity contribution in [3.05, 3.63) is 53.2 Å². The fraction of sp³-hybridized carbons (Fsp3) is 0.429. The van der Waals surface area contributed by atoms with Crippen LogP contribution in [-0.4, -0.2) is 70.4 Å². The Morgan fingerprint density at radius 3 is 2.57 bits per heavy atom. The quantitative estimate of drug-likeness (QED) is 0.189. The van der Waals surface area contributed by atoms with Crippen LogP contribution in [-0.2, 0) is 21.0 Å². The molecular weight excluding hydrogens is 624 g/mol. The topological polar surface area (TPSA) is 106 Å². The Morgan fingerprint density at radius 1 is 1.06 bits per heavy atom. The molecule has 0 unspecified atom stereocenters. The van der Waals surface area contributed by atoms with Crippen LogP contribution >= 0.6 is 0 Å². The van der Waals surface area contributed by atoms with Crippen molar-refractivity contribution in [3.63, 3.8) is 0 Å². The third-order valence-corrected chi connectivity index (χ3v) is 11.0. The number of rotatable bonds is 3. The van der Waals surface area contributed by atoms with Crippen molar-refractivity contribution in [3.8, 4) is 23.6 Å². The van der Waals surface area contributed by atoms with Gasteiger partial charge in [0.1, 0.15) is 28.4 Å². The van der Waals surface area contributed by atoms with Crippen molar-refractivity contribution in [1.82, 2.24) is 19.9 Å². The Labute approximate surface area is 272 Å². The van der Waals surface area contributed by atoms with Gasteiger partial charge >= 0.3 is 6.09 Å². The molecule has 0 aliphatic carbocycles. The predicted octanol–water partition coefficient (Wildman–Crippen LogP) is 6.19. The number of halogens is 2. The van der Waals surface area contributed by atoms with Crippen LogP contribution in [0.2, 0.25) is 0 Å². The van der Waals surface area contributed by atoms with Gasteiger partial charge in [0.05, 0.1) is 40.5 Å². The fourth-order valence-corrected chi connectivity index (χ4v) is 8.16. The molecule has 7 rings (SSSR count). The second-order valence-corrected chi connectivity index (χ2v) is 15.6. The molecule has 2 aromatic heterocycles. The number of hydrogen-bond donors (Lipinski definition) is 0. The van der Waals surface area contributed by atoms with Crippen LogP contribution in [0.15, 0.2) is 35.5 Å². The number of nitrogens with zero attached hydrogens (tertiary/aromatic N) is 5. The Morgan fingerprint density at radius 2 is 1.85 bits per heavy atom. The number of terminal acetylenes is 1. The van der Waals surface area contributed by atoms with Crippen LogP contribution in [0.5, 0.6) is 0 Å². The first-order valence-electron chi connectivity index (χ1n) is 15.9. The van der Waals surface area contributed by atoms with Crippen LogP contribution in [0.1, 0.15) is 64.6 Å². The number of hydrogen-bond acceptors (Lipinski definition) is 8. The highest BCUT2D eigenvalue weighted by molar-refractivity contribution is 7.91. The molecule has 5 heterocycles. The molecule has 4 aromatic rings. The van der Waals surface area contributed by atoms with Gasteiger partial charge in [-0.05, 0) is 64.3 Å². The highest BCUT2D eigenvalue weighted by Crippen LogP contribution is 2.44. The Balaban J connectivity index is 1.46. The lowest BCUT2D eigenvalue weighted by molar-refractivity contribution is 0.00701. The van der Waals surface area contributed by atoms with Crippen LogP contribution in [0, 0.1) is 24.0 Å². The van der Waals surface area contributed by atoms with Crippen molar-refractivity contribution in [2.45, 2.75) is 88.7 Å². The van der Waals surface area contributed by atoms with E-state index in [-0.39, 0.29) is 52.3 Å². The molecule has 2 saturated heterocycles.